The number of ether oxygens (including phenoxy) is 4. The Hall–Kier alpha value is -2.93. The Labute approximate surface area is 168 Å². The zero-order valence-electron chi connectivity index (χ0n) is 15.9. The number of carbonyl (C=O) groups is 2. The predicted octanol–water partition coefficient (Wildman–Crippen LogP) is 3.48. The molecule has 0 aliphatic heterocycles. The smallest absolute Gasteiger partial charge is 0.306 e. The summed E-state index contributed by atoms with van der Waals surface area (Å²) in [7, 11) is 4.59. The number of nitrogens with one attached hydrogen (secondary N) is 1. The quantitative estimate of drug-likeness (QED) is 0.641. The Morgan fingerprint density at radius 1 is 0.964 bits per heavy atom. The molecular weight excluding hydrogens is 386 g/mol. The van der Waals surface area contributed by atoms with E-state index in [0.29, 0.717) is 34.4 Å². The van der Waals surface area contributed by atoms with Crippen LogP contribution >= 0.6 is 11.6 Å². The van der Waals surface area contributed by atoms with Crippen molar-refractivity contribution in [3.63, 3.8) is 0 Å². The van der Waals surface area contributed by atoms with Crippen LogP contribution in [-0.4, -0.2) is 39.8 Å². The first-order chi connectivity index (χ1) is 13.4. The molecule has 0 aliphatic rings. The predicted molar refractivity (Wildman–Crippen MR) is 105 cm³/mol. The van der Waals surface area contributed by atoms with Gasteiger partial charge in [-0.05, 0) is 42.3 Å². The monoisotopic (exact) mass is 407 g/mol. The van der Waals surface area contributed by atoms with Gasteiger partial charge >= 0.3 is 5.97 Å². The van der Waals surface area contributed by atoms with E-state index in [9.17, 15) is 9.59 Å². The molecule has 0 bridgehead atoms. The molecule has 7 nitrogen and oxygen atoms in total. The minimum Gasteiger partial charge on any atom is -0.497 e. The molecule has 8 heteroatoms. The third-order valence-electron chi connectivity index (χ3n) is 3.83. The maximum absolute atomic E-state index is 12.0. The van der Waals surface area contributed by atoms with Crippen molar-refractivity contribution in [2.24, 2.45) is 0 Å². The van der Waals surface area contributed by atoms with Crippen LogP contribution in [0.2, 0.25) is 5.02 Å². The molecule has 1 amide bonds. The highest BCUT2D eigenvalue weighted by Gasteiger charge is 2.12. The lowest BCUT2D eigenvalue weighted by Crippen LogP contribution is -2.21. The average Bonchev–Trinajstić information content (AvgIpc) is 2.70. The van der Waals surface area contributed by atoms with Crippen molar-refractivity contribution in [3.05, 3.63) is 47.0 Å². The lowest BCUT2D eigenvalue weighted by atomic mass is 10.1. The molecule has 0 saturated heterocycles. The Morgan fingerprint density at radius 3 is 2.25 bits per heavy atom. The fraction of sp³-hybridized carbons (Fsp3) is 0.300. The topological polar surface area (TPSA) is 83.1 Å². The van der Waals surface area contributed by atoms with Gasteiger partial charge in [0.2, 0.25) is 0 Å². The first-order valence-electron chi connectivity index (χ1n) is 8.46. The summed E-state index contributed by atoms with van der Waals surface area (Å²) in [5.41, 5.74) is 1.26. The van der Waals surface area contributed by atoms with Crippen LogP contribution < -0.4 is 19.5 Å². The number of hydrogen-bond donors (Lipinski definition) is 1. The number of rotatable bonds is 9. The largest absolute Gasteiger partial charge is 0.497 e. The lowest BCUT2D eigenvalue weighted by Gasteiger charge is -2.11. The van der Waals surface area contributed by atoms with Crippen LogP contribution in [-0.2, 0) is 20.7 Å². The SMILES string of the molecule is COc1cc(CCC(=O)OCC(=O)Nc2cc(Cl)ccc2OC)cc(OC)c1. The van der Waals surface area contributed by atoms with Gasteiger partial charge in [-0.2, -0.15) is 0 Å². The minimum absolute atomic E-state index is 0.115. The van der Waals surface area contributed by atoms with E-state index in [1.807, 2.05) is 12.1 Å². The highest BCUT2D eigenvalue weighted by molar-refractivity contribution is 6.31. The fourth-order valence-corrected chi connectivity index (χ4v) is 2.61. The third-order valence-corrected chi connectivity index (χ3v) is 4.06. The van der Waals surface area contributed by atoms with Crippen LogP contribution in [0.15, 0.2) is 36.4 Å². The summed E-state index contributed by atoms with van der Waals surface area (Å²) in [6.45, 7) is -0.407. The second-order valence-electron chi connectivity index (χ2n) is 5.77. The second kappa shape index (κ2) is 10.4. The zero-order chi connectivity index (χ0) is 20.5. The van der Waals surface area contributed by atoms with Gasteiger partial charge in [0.15, 0.2) is 6.61 Å². The summed E-state index contributed by atoms with van der Waals surface area (Å²) >= 11 is 5.92. The molecule has 0 radical (unpaired) electrons. The highest BCUT2D eigenvalue weighted by Crippen LogP contribution is 2.27. The van der Waals surface area contributed by atoms with Crippen molar-refractivity contribution in [1.29, 1.82) is 0 Å². The second-order valence-corrected chi connectivity index (χ2v) is 6.21. The van der Waals surface area contributed by atoms with E-state index in [1.165, 1.54) is 7.11 Å². The van der Waals surface area contributed by atoms with Crippen molar-refractivity contribution in [2.45, 2.75) is 12.8 Å². The van der Waals surface area contributed by atoms with Crippen molar-refractivity contribution >= 4 is 29.2 Å². The summed E-state index contributed by atoms with van der Waals surface area (Å²) in [6.07, 6.45) is 0.542. The van der Waals surface area contributed by atoms with Crippen LogP contribution in [0.4, 0.5) is 5.69 Å². The fourth-order valence-electron chi connectivity index (χ4n) is 2.44. The number of anilines is 1. The number of hydrogen-bond acceptors (Lipinski definition) is 6. The number of carbonyl (C=O) groups excluding carboxylic acids is 2. The number of benzene rings is 2. The number of halogens is 1. The molecule has 150 valence electrons. The summed E-state index contributed by atoms with van der Waals surface area (Å²) in [5, 5.41) is 3.05. The maximum Gasteiger partial charge on any atom is 0.306 e. The summed E-state index contributed by atoms with van der Waals surface area (Å²) in [5.74, 6) is 0.748. The van der Waals surface area contributed by atoms with Crippen molar-refractivity contribution in [2.75, 3.05) is 33.3 Å². The molecule has 0 spiro atoms. The number of amides is 1. The minimum atomic E-state index is -0.491. The molecule has 0 atom stereocenters. The molecule has 1 N–H and O–H groups in total. The van der Waals surface area contributed by atoms with Gasteiger partial charge in [-0.25, -0.2) is 0 Å². The number of esters is 1. The van der Waals surface area contributed by atoms with Crippen LogP contribution in [0, 0.1) is 0 Å². The molecule has 0 unspecified atom stereocenters. The van der Waals surface area contributed by atoms with E-state index < -0.39 is 18.5 Å². The molecular formula is C20H22ClNO6. The van der Waals surface area contributed by atoms with Gasteiger partial charge in [-0.15, -0.1) is 0 Å². The Bertz CT molecular complexity index is 817. The molecule has 2 aromatic rings. The van der Waals surface area contributed by atoms with Crippen molar-refractivity contribution < 1.29 is 28.5 Å². The van der Waals surface area contributed by atoms with Gasteiger partial charge in [-0.3, -0.25) is 9.59 Å². The number of aryl methyl sites for hydroxylation is 1. The molecule has 0 fully saturated rings. The molecule has 2 aromatic carbocycles. The van der Waals surface area contributed by atoms with E-state index in [1.54, 1.807) is 38.5 Å². The summed E-state index contributed by atoms with van der Waals surface area (Å²) in [4.78, 5) is 24.0. The molecule has 0 saturated carbocycles. The first kappa shape index (κ1) is 21.4. The van der Waals surface area contributed by atoms with Gasteiger partial charge in [0.1, 0.15) is 17.2 Å². The summed E-state index contributed by atoms with van der Waals surface area (Å²) in [6, 6.07) is 10.2. The van der Waals surface area contributed by atoms with E-state index in [2.05, 4.69) is 5.32 Å². The van der Waals surface area contributed by atoms with Crippen molar-refractivity contribution in [3.8, 4) is 17.2 Å². The molecule has 0 aliphatic carbocycles. The Morgan fingerprint density at radius 2 is 1.64 bits per heavy atom. The Balaban J connectivity index is 1.84. The molecule has 0 heterocycles. The normalized spacial score (nSPS) is 10.1. The standard InChI is InChI=1S/C20H22ClNO6/c1-25-15-8-13(9-16(11-15)26-2)4-7-20(24)28-12-19(23)22-17-10-14(21)5-6-18(17)27-3/h5-6,8-11H,4,7,12H2,1-3H3,(H,22,23). The first-order valence-corrected chi connectivity index (χ1v) is 8.84. The zero-order valence-corrected chi connectivity index (χ0v) is 16.7. The van der Waals surface area contributed by atoms with E-state index >= 15 is 0 Å². The van der Waals surface area contributed by atoms with Gasteiger partial charge in [0, 0.05) is 17.5 Å². The maximum atomic E-state index is 12.0. The van der Waals surface area contributed by atoms with Crippen molar-refractivity contribution in [1.82, 2.24) is 0 Å². The van der Waals surface area contributed by atoms with Gasteiger partial charge < -0.3 is 24.3 Å². The molecule has 0 aromatic heterocycles. The van der Waals surface area contributed by atoms with E-state index in [-0.39, 0.29) is 6.42 Å². The average molecular weight is 408 g/mol. The third kappa shape index (κ3) is 6.35. The number of methoxy groups -OCH3 is 3. The van der Waals surface area contributed by atoms with E-state index in [0.717, 1.165) is 5.56 Å². The highest BCUT2D eigenvalue weighted by atomic mass is 35.5. The van der Waals surface area contributed by atoms with Crippen LogP contribution in [0.25, 0.3) is 0 Å². The van der Waals surface area contributed by atoms with Crippen LogP contribution in [0.1, 0.15) is 12.0 Å². The van der Waals surface area contributed by atoms with Gasteiger partial charge in [0.05, 0.1) is 27.0 Å². The lowest BCUT2D eigenvalue weighted by molar-refractivity contribution is -0.147. The summed E-state index contributed by atoms with van der Waals surface area (Å²) < 4.78 is 20.6. The van der Waals surface area contributed by atoms with Crippen LogP contribution in [0.3, 0.4) is 0 Å². The Kier molecular flexibility index (Phi) is 7.95. The van der Waals surface area contributed by atoms with Gasteiger partial charge in [0.25, 0.3) is 5.91 Å². The molecule has 28 heavy (non-hydrogen) atoms. The van der Waals surface area contributed by atoms with E-state index in [4.69, 9.17) is 30.5 Å². The van der Waals surface area contributed by atoms with Crippen LogP contribution in [0.5, 0.6) is 17.2 Å². The molecule has 2 rings (SSSR count). The van der Waals surface area contributed by atoms with Gasteiger partial charge in [-0.1, -0.05) is 11.6 Å².